The first-order chi connectivity index (χ1) is 10.7. The highest BCUT2D eigenvalue weighted by Gasteiger charge is 2.41. The lowest BCUT2D eigenvalue weighted by atomic mass is 10.1. The van der Waals surface area contributed by atoms with Crippen LogP contribution in [-0.4, -0.2) is 46.0 Å². The fourth-order valence-electron chi connectivity index (χ4n) is 3.99. The third-order valence-electron chi connectivity index (χ3n) is 5.05. The highest BCUT2D eigenvalue weighted by Crippen LogP contribution is 2.38. The number of nitrogens with zero attached hydrogens (tertiary/aromatic N) is 5. The smallest absolute Gasteiger partial charge is 0.327 e. The van der Waals surface area contributed by atoms with Gasteiger partial charge in [0.05, 0.1) is 6.54 Å². The molecule has 2 amide bonds. The first-order valence-corrected chi connectivity index (χ1v) is 8.42. The van der Waals surface area contributed by atoms with Crippen LogP contribution in [0.2, 0.25) is 0 Å². The van der Waals surface area contributed by atoms with Crippen molar-refractivity contribution in [3.63, 3.8) is 0 Å². The molecule has 22 heavy (non-hydrogen) atoms. The van der Waals surface area contributed by atoms with E-state index in [2.05, 4.69) is 23.5 Å². The van der Waals surface area contributed by atoms with Crippen LogP contribution >= 0.6 is 0 Å². The van der Waals surface area contributed by atoms with E-state index in [1.165, 1.54) is 25.7 Å². The molecule has 1 saturated carbocycles. The quantitative estimate of drug-likeness (QED) is 0.861. The summed E-state index contributed by atoms with van der Waals surface area (Å²) in [7, 11) is 2.08. The third-order valence-corrected chi connectivity index (χ3v) is 5.05. The summed E-state index contributed by atoms with van der Waals surface area (Å²) in [6, 6.07) is 0.0432. The van der Waals surface area contributed by atoms with Gasteiger partial charge in [-0.3, -0.25) is 14.8 Å². The monoisotopic (exact) mass is 301 g/mol. The van der Waals surface area contributed by atoms with Gasteiger partial charge in [-0.2, -0.15) is 0 Å². The van der Waals surface area contributed by atoms with Crippen LogP contribution in [0.15, 0.2) is 4.99 Å². The van der Waals surface area contributed by atoms with E-state index >= 15 is 0 Å². The Labute approximate surface area is 130 Å². The summed E-state index contributed by atoms with van der Waals surface area (Å²) < 4.78 is 2.19. The van der Waals surface area contributed by atoms with E-state index in [-0.39, 0.29) is 6.03 Å². The number of hydrogen-bond donors (Lipinski definition) is 0. The van der Waals surface area contributed by atoms with E-state index in [0.717, 1.165) is 36.1 Å². The van der Waals surface area contributed by atoms with E-state index in [1.54, 1.807) is 0 Å². The second kappa shape index (κ2) is 5.11. The maximum atomic E-state index is 12.7. The predicted molar refractivity (Wildman–Crippen MR) is 85.6 cm³/mol. The first-order valence-electron chi connectivity index (χ1n) is 8.42. The predicted octanol–water partition coefficient (Wildman–Crippen LogP) is 2.49. The Balaban J connectivity index is 1.85. The van der Waals surface area contributed by atoms with E-state index in [9.17, 15) is 4.79 Å². The highest BCUT2D eigenvalue weighted by atomic mass is 16.2. The Morgan fingerprint density at radius 3 is 2.77 bits per heavy atom. The number of fused-ring (bicyclic) bond motifs is 3. The van der Waals surface area contributed by atoms with Gasteiger partial charge in [0.1, 0.15) is 11.5 Å². The lowest BCUT2D eigenvalue weighted by Crippen LogP contribution is -2.50. The Kier molecular flexibility index (Phi) is 3.20. The molecular weight excluding hydrogens is 278 g/mol. The Hall–Kier alpha value is -1.85. The molecule has 0 atom stereocenters. The number of carbonyl (C=O) groups is 1. The van der Waals surface area contributed by atoms with Crippen molar-refractivity contribution in [3.05, 3.63) is 11.5 Å². The zero-order valence-corrected chi connectivity index (χ0v) is 13.4. The van der Waals surface area contributed by atoms with Crippen molar-refractivity contribution in [2.24, 2.45) is 12.0 Å². The topological polar surface area (TPSA) is 53.7 Å². The molecule has 0 N–H and O–H groups in total. The van der Waals surface area contributed by atoms with Crippen LogP contribution in [0.1, 0.15) is 56.5 Å². The van der Waals surface area contributed by atoms with Crippen molar-refractivity contribution >= 4 is 17.7 Å². The Morgan fingerprint density at radius 2 is 2.05 bits per heavy atom. The minimum atomic E-state index is 0.0432. The van der Waals surface area contributed by atoms with Gasteiger partial charge in [-0.25, -0.2) is 9.78 Å². The van der Waals surface area contributed by atoms with Gasteiger partial charge in [-0.05, 0) is 19.3 Å². The molecule has 1 aromatic heterocycles. The molecular formula is C16H23N5O. The first kappa shape index (κ1) is 13.8. The van der Waals surface area contributed by atoms with Gasteiger partial charge in [-0.1, -0.05) is 19.8 Å². The second-order valence-electron chi connectivity index (χ2n) is 6.47. The molecule has 0 aromatic carbocycles. The number of imidazole rings is 1. The summed E-state index contributed by atoms with van der Waals surface area (Å²) in [6.07, 6.45) is 5.92. The van der Waals surface area contributed by atoms with Crippen LogP contribution in [-0.2, 0) is 7.05 Å². The van der Waals surface area contributed by atoms with E-state index < -0.39 is 0 Å². The zero-order chi connectivity index (χ0) is 15.3. The second-order valence-corrected chi connectivity index (χ2v) is 6.47. The number of urea groups is 1. The number of aromatic nitrogens is 2. The maximum Gasteiger partial charge on any atom is 0.331 e. The molecule has 0 unspecified atom stereocenters. The van der Waals surface area contributed by atoms with Crippen molar-refractivity contribution in [1.82, 2.24) is 14.5 Å². The molecule has 4 rings (SSSR count). The van der Waals surface area contributed by atoms with Gasteiger partial charge in [0.25, 0.3) is 0 Å². The Morgan fingerprint density at radius 1 is 1.27 bits per heavy atom. The summed E-state index contributed by atoms with van der Waals surface area (Å²) >= 11 is 0. The lowest BCUT2D eigenvalue weighted by molar-refractivity contribution is 0.228. The number of hydrogen-bond acceptors (Lipinski definition) is 3. The summed E-state index contributed by atoms with van der Waals surface area (Å²) in [5.41, 5.74) is 1.03. The normalized spacial score (nSPS) is 21.4. The number of aliphatic imine (C=N–C) groups is 1. The van der Waals surface area contributed by atoms with E-state index in [4.69, 9.17) is 4.98 Å². The maximum absolute atomic E-state index is 12.7. The average Bonchev–Trinajstić information content (AvgIpc) is 3.22. The van der Waals surface area contributed by atoms with Crippen LogP contribution in [0.3, 0.4) is 0 Å². The summed E-state index contributed by atoms with van der Waals surface area (Å²) in [5, 5.41) is 0. The molecule has 3 aliphatic rings. The standard InChI is InChI=1S/C16H23N5O/c1-3-9-20-15-12(14-17-8-10-21(14)16(20)22)19(2)13(18-15)11-6-4-5-7-11/h11H,3-10H2,1-2H3. The molecule has 0 radical (unpaired) electrons. The molecule has 3 heterocycles. The molecule has 2 aliphatic heterocycles. The fourth-order valence-corrected chi connectivity index (χ4v) is 3.99. The number of carbonyl (C=O) groups excluding carboxylic acids is 1. The van der Waals surface area contributed by atoms with Gasteiger partial charge in [0.2, 0.25) is 0 Å². The van der Waals surface area contributed by atoms with Crippen molar-refractivity contribution in [1.29, 1.82) is 0 Å². The molecule has 118 valence electrons. The SMILES string of the molecule is CCCN1C(=O)N2CCN=C2c2c1nc(C1CCCC1)n2C. The van der Waals surface area contributed by atoms with Crippen LogP contribution in [0, 0.1) is 0 Å². The molecule has 1 aliphatic carbocycles. The van der Waals surface area contributed by atoms with Gasteiger partial charge >= 0.3 is 6.03 Å². The molecule has 6 heteroatoms. The fraction of sp³-hybridized carbons (Fsp3) is 0.688. The Bertz CT molecular complexity index is 641. The largest absolute Gasteiger partial charge is 0.331 e. The van der Waals surface area contributed by atoms with E-state index in [0.29, 0.717) is 19.0 Å². The highest BCUT2D eigenvalue weighted by molar-refractivity contribution is 6.18. The lowest BCUT2D eigenvalue weighted by Gasteiger charge is -2.32. The molecule has 1 aromatic rings. The van der Waals surface area contributed by atoms with Crippen LogP contribution in [0.4, 0.5) is 10.6 Å². The number of amidine groups is 1. The van der Waals surface area contributed by atoms with Gasteiger partial charge in [0, 0.05) is 26.1 Å². The minimum absolute atomic E-state index is 0.0432. The van der Waals surface area contributed by atoms with E-state index in [1.807, 2.05) is 9.80 Å². The van der Waals surface area contributed by atoms with Crippen molar-refractivity contribution in [2.45, 2.75) is 44.9 Å². The van der Waals surface area contributed by atoms with Crippen LogP contribution < -0.4 is 4.90 Å². The van der Waals surface area contributed by atoms with Gasteiger partial charge in [-0.15, -0.1) is 0 Å². The van der Waals surface area contributed by atoms with Gasteiger partial charge < -0.3 is 4.57 Å². The molecule has 6 nitrogen and oxygen atoms in total. The van der Waals surface area contributed by atoms with Crippen molar-refractivity contribution < 1.29 is 4.79 Å². The zero-order valence-electron chi connectivity index (χ0n) is 13.4. The molecule has 0 spiro atoms. The van der Waals surface area contributed by atoms with Crippen LogP contribution in [0.5, 0.6) is 0 Å². The number of rotatable bonds is 3. The number of anilines is 1. The average molecular weight is 301 g/mol. The van der Waals surface area contributed by atoms with Crippen LogP contribution in [0.25, 0.3) is 0 Å². The van der Waals surface area contributed by atoms with Gasteiger partial charge in [0.15, 0.2) is 11.7 Å². The number of amides is 2. The van der Waals surface area contributed by atoms with Crippen molar-refractivity contribution in [2.75, 3.05) is 24.5 Å². The third kappa shape index (κ3) is 1.82. The summed E-state index contributed by atoms with van der Waals surface area (Å²) in [5.74, 6) is 3.32. The minimum Gasteiger partial charge on any atom is -0.327 e. The summed E-state index contributed by atoms with van der Waals surface area (Å²) in [6.45, 7) is 4.21. The van der Waals surface area contributed by atoms with Crippen molar-refractivity contribution in [3.8, 4) is 0 Å². The molecule has 0 bridgehead atoms. The molecule has 1 fully saturated rings. The molecule has 0 saturated heterocycles. The summed E-state index contributed by atoms with van der Waals surface area (Å²) in [4.78, 5) is 25.9.